The van der Waals surface area contributed by atoms with E-state index in [-0.39, 0.29) is 11.3 Å². The fourth-order valence-corrected chi connectivity index (χ4v) is 4.41. The van der Waals surface area contributed by atoms with Gasteiger partial charge in [0, 0.05) is 29.1 Å². The molecule has 0 radical (unpaired) electrons. The highest BCUT2D eigenvalue weighted by Gasteiger charge is 2.19. The molecule has 2 heterocycles. The maximum Gasteiger partial charge on any atom is 0.335 e. The van der Waals surface area contributed by atoms with Gasteiger partial charge in [-0.1, -0.05) is 36.4 Å². The van der Waals surface area contributed by atoms with E-state index in [9.17, 15) is 9.59 Å². The largest absolute Gasteiger partial charge is 0.478 e. The third-order valence-corrected chi connectivity index (χ3v) is 6.01. The average molecular weight is 404 g/mol. The van der Waals surface area contributed by atoms with Crippen molar-refractivity contribution in [3.8, 4) is 10.4 Å². The van der Waals surface area contributed by atoms with Crippen molar-refractivity contribution in [1.29, 1.82) is 0 Å². The maximum absolute atomic E-state index is 12.6. The van der Waals surface area contributed by atoms with Gasteiger partial charge in [-0.15, -0.1) is 11.3 Å². The molecule has 1 fully saturated rings. The molecular formula is C24H21NO3S. The van der Waals surface area contributed by atoms with E-state index in [0.717, 1.165) is 18.7 Å². The number of thiophene rings is 1. The second-order valence-electron chi connectivity index (χ2n) is 6.99. The van der Waals surface area contributed by atoms with Crippen LogP contribution in [-0.2, 0) is 0 Å². The molecular weight excluding hydrogens is 382 g/mol. The number of hydrogen-bond acceptors (Lipinski definition) is 4. The molecule has 2 aromatic carbocycles. The number of carbonyl (C=O) groups excluding carboxylic acids is 1. The van der Waals surface area contributed by atoms with E-state index in [1.165, 1.54) is 41.1 Å². The molecule has 0 atom stereocenters. The quantitative estimate of drug-likeness (QED) is 0.429. The lowest BCUT2D eigenvalue weighted by Crippen LogP contribution is -2.19. The number of nitrogens with zero attached hydrogens (tertiary/aromatic N) is 1. The van der Waals surface area contributed by atoms with Crippen LogP contribution in [0.2, 0.25) is 0 Å². The summed E-state index contributed by atoms with van der Waals surface area (Å²) in [5, 5.41) is 11.1. The molecule has 146 valence electrons. The fraction of sp³-hybridized carbons (Fsp3) is 0.167. The van der Waals surface area contributed by atoms with Crippen molar-refractivity contribution < 1.29 is 14.7 Å². The minimum absolute atomic E-state index is 0.143. The van der Waals surface area contributed by atoms with Crippen molar-refractivity contribution in [2.75, 3.05) is 18.0 Å². The van der Waals surface area contributed by atoms with Gasteiger partial charge in [0.25, 0.3) is 0 Å². The second kappa shape index (κ2) is 8.45. The van der Waals surface area contributed by atoms with Crippen LogP contribution in [-0.4, -0.2) is 29.9 Å². The third kappa shape index (κ3) is 4.15. The van der Waals surface area contributed by atoms with E-state index in [1.807, 2.05) is 18.2 Å². The first-order valence-corrected chi connectivity index (χ1v) is 10.5. The van der Waals surface area contributed by atoms with Crippen molar-refractivity contribution >= 4 is 34.9 Å². The van der Waals surface area contributed by atoms with Crippen LogP contribution in [0.15, 0.2) is 66.1 Å². The van der Waals surface area contributed by atoms with Gasteiger partial charge in [-0.05, 0) is 54.1 Å². The Kier molecular flexibility index (Phi) is 5.58. The molecule has 1 saturated heterocycles. The molecule has 0 unspecified atom stereocenters. The number of para-hydroxylation sites is 1. The van der Waals surface area contributed by atoms with E-state index in [4.69, 9.17) is 5.11 Å². The zero-order chi connectivity index (χ0) is 20.2. The Bertz CT molecular complexity index is 1050. The molecule has 1 N–H and O–H groups in total. The number of allylic oxidation sites excluding steroid dienone is 1. The summed E-state index contributed by atoms with van der Waals surface area (Å²) >= 11 is 1.72. The summed E-state index contributed by atoms with van der Waals surface area (Å²) in [5.74, 6) is -1.14. The first-order valence-electron chi connectivity index (χ1n) is 9.61. The Morgan fingerprint density at radius 2 is 1.66 bits per heavy atom. The molecule has 4 rings (SSSR count). The molecule has 1 aliphatic rings. The zero-order valence-corrected chi connectivity index (χ0v) is 16.7. The number of anilines is 1. The molecule has 1 aliphatic heterocycles. The lowest BCUT2D eigenvalue weighted by molar-refractivity contribution is 0.0696. The normalized spacial score (nSPS) is 13.9. The van der Waals surface area contributed by atoms with E-state index >= 15 is 0 Å². The minimum atomic E-state index is -1.000. The summed E-state index contributed by atoms with van der Waals surface area (Å²) in [5.41, 5.74) is 4.04. The average Bonchev–Trinajstić information content (AvgIpc) is 3.46. The topological polar surface area (TPSA) is 57.6 Å². The van der Waals surface area contributed by atoms with Gasteiger partial charge in [-0.3, -0.25) is 4.79 Å². The first kappa shape index (κ1) is 19.2. The van der Waals surface area contributed by atoms with Crippen LogP contribution in [0, 0.1) is 0 Å². The predicted octanol–water partition coefficient (Wildman–Crippen LogP) is 5.61. The van der Waals surface area contributed by atoms with Crippen molar-refractivity contribution in [2.45, 2.75) is 12.8 Å². The number of carbonyl (C=O) groups is 2. The lowest BCUT2D eigenvalue weighted by Gasteiger charge is -2.23. The third-order valence-electron chi connectivity index (χ3n) is 5.11. The van der Waals surface area contributed by atoms with Gasteiger partial charge in [0.05, 0.1) is 11.3 Å². The Hall–Kier alpha value is -3.18. The molecule has 0 bridgehead atoms. The molecule has 29 heavy (non-hydrogen) atoms. The van der Waals surface area contributed by atoms with Gasteiger partial charge in [0.2, 0.25) is 0 Å². The van der Waals surface area contributed by atoms with Crippen LogP contribution < -0.4 is 4.90 Å². The maximum atomic E-state index is 12.6. The molecule has 0 spiro atoms. The summed E-state index contributed by atoms with van der Waals surface area (Å²) in [7, 11) is 0. The van der Waals surface area contributed by atoms with Crippen molar-refractivity contribution in [3.05, 3.63) is 82.7 Å². The standard InChI is InChI=1S/C24H21NO3S/c26-21(17-8-10-19(11-9-17)24(27)28)13-12-18-5-3-6-20(22-7-4-16-29-22)23(18)25-14-1-2-15-25/h3-13,16H,1-2,14-15H2,(H,27,28)/b13-12+. The number of rotatable bonds is 6. The van der Waals surface area contributed by atoms with Crippen LogP contribution in [0.4, 0.5) is 5.69 Å². The van der Waals surface area contributed by atoms with Crippen molar-refractivity contribution in [2.24, 2.45) is 0 Å². The summed E-state index contributed by atoms with van der Waals surface area (Å²) < 4.78 is 0. The van der Waals surface area contributed by atoms with Crippen molar-refractivity contribution in [1.82, 2.24) is 0 Å². The number of aromatic carboxylic acids is 1. The van der Waals surface area contributed by atoms with Gasteiger partial charge < -0.3 is 10.0 Å². The smallest absolute Gasteiger partial charge is 0.335 e. The highest BCUT2D eigenvalue weighted by atomic mass is 32.1. The van der Waals surface area contributed by atoms with E-state index in [2.05, 4.69) is 28.5 Å². The monoisotopic (exact) mass is 403 g/mol. The molecule has 0 amide bonds. The van der Waals surface area contributed by atoms with Gasteiger partial charge >= 0.3 is 5.97 Å². The minimum Gasteiger partial charge on any atom is -0.478 e. The predicted molar refractivity (Wildman–Crippen MR) is 118 cm³/mol. The summed E-state index contributed by atoms with van der Waals surface area (Å²) in [6.45, 7) is 2.04. The highest BCUT2D eigenvalue weighted by Crippen LogP contribution is 2.38. The number of ketones is 1. The number of hydrogen-bond donors (Lipinski definition) is 1. The van der Waals surface area contributed by atoms with E-state index in [0.29, 0.717) is 5.56 Å². The van der Waals surface area contributed by atoms with Gasteiger partial charge in [0.1, 0.15) is 0 Å². The second-order valence-corrected chi connectivity index (χ2v) is 7.94. The van der Waals surface area contributed by atoms with Crippen LogP contribution in [0.3, 0.4) is 0 Å². The van der Waals surface area contributed by atoms with Crippen molar-refractivity contribution in [3.63, 3.8) is 0 Å². The number of carboxylic acid groups (broad SMARTS) is 1. The Morgan fingerprint density at radius 3 is 2.31 bits per heavy atom. The Labute approximate surface area is 173 Å². The molecule has 0 saturated carbocycles. The Balaban J connectivity index is 1.66. The summed E-state index contributed by atoms with van der Waals surface area (Å²) in [4.78, 5) is 27.2. The summed E-state index contributed by atoms with van der Waals surface area (Å²) in [6.07, 6.45) is 5.80. The summed E-state index contributed by atoms with van der Waals surface area (Å²) in [6, 6.07) is 16.4. The van der Waals surface area contributed by atoms with Gasteiger partial charge in [-0.25, -0.2) is 4.79 Å². The van der Waals surface area contributed by atoms with Crippen LogP contribution in [0.5, 0.6) is 0 Å². The van der Waals surface area contributed by atoms with Crippen LogP contribution >= 0.6 is 11.3 Å². The van der Waals surface area contributed by atoms with Crippen LogP contribution in [0.1, 0.15) is 39.1 Å². The van der Waals surface area contributed by atoms with Gasteiger partial charge in [-0.2, -0.15) is 0 Å². The van der Waals surface area contributed by atoms with E-state index in [1.54, 1.807) is 29.5 Å². The SMILES string of the molecule is O=C(O)c1ccc(C(=O)/C=C/c2cccc(-c3cccs3)c2N2CCCC2)cc1. The fourth-order valence-electron chi connectivity index (χ4n) is 3.66. The number of benzene rings is 2. The molecule has 1 aromatic heterocycles. The molecule has 0 aliphatic carbocycles. The van der Waals surface area contributed by atoms with Gasteiger partial charge in [0.15, 0.2) is 5.78 Å². The zero-order valence-electron chi connectivity index (χ0n) is 15.9. The lowest BCUT2D eigenvalue weighted by atomic mass is 10.0. The molecule has 5 heteroatoms. The Morgan fingerprint density at radius 1 is 0.931 bits per heavy atom. The number of carboxylic acids is 1. The highest BCUT2D eigenvalue weighted by molar-refractivity contribution is 7.13. The molecule has 3 aromatic rings. The molecule has 4 nitrogen and oxygen atoms in total. The van der Waals surface area contributed by atoms with Crippen LogP contribution in [0.25, 0.3) is 16.5 Å². The van der Waals surface area contributed by atoms with E-state index < -0.39 is 5.97 Å². The first-order chi connectivity index (χ1) is 14.1.